The zero-order valence-electron chi connectivity index (χ0n) is 11.6. The van der Waals surface area contributed by atoms with Crippen molar-refractivity contribution in [3.8, 4) is 0 Å². The van der Waals surface area contributed by atoms with Gasteiger partial charge in [-0.05, 0) is 71.4 Å². The van der Waals surface area contributed by atoms with Crippen LogP contribution in [0.3, 0.4) is 0 Å². The first kappa shape index (κ1) is 13.3. The van der Waals surface area contributed by atoms with E-state index in [9.17, 15) is 0 Å². The second-order valence-corrected chi connectivity index (χ2v) is 5.74. The van der Waals surface area contributed by atoms with Crippen molar-refractivity contribution < 1.29 is 0 Å². The minimum absolute atomic E-state index is 0.771. The topological polar surface area (TPSA) is 18.5 Å². The maximum atomic E-state index is 3.41. The van der Waals surface area contributed by atoms with Gasteiger partial charge in [0.1, 0.15) is 0 Å². The third kappa shape index (κ3) is 3.94. The first-order chi connectivity index (χ1) is 8.31. The Bertz CT molecular complexity index is 182. The molecule has 0 unspecified atom stereocenters. The normalized spacial score (nSPS) is 26.5. The molecule has 0 spiro atoms. The highest BCUT2D eigenvalue weighted by Gasteiger charge is 2.23. The fourth-order valence-electron chi connectivity index (χ4n) is 3.25. The molecule has 2 saturated heterocycles. The Kier molecular flexibility index (Phi) is 5.26. The maximum Gasteiger partial charge on any atom is 0.00884 e. The van der Waals surface area contributed by atoms with E-state index in [2.05, 4.69) is 29.1 Å². The molecule has 2 aliphatic heterocycles. The summed E-state index contributed by atoms with van der Waals surface area (Å²) in [6.07, 6.45) is 5.51. The van der Waals surface area contributed by atoms with E-state index >= 15 is 0 Å². The van der Waals surface area contributed by atoms with Crippen LogP contribution in [0.5, 0.6) is 0 Å². The molecule has 0 atom stereocenters. The second-order valence-electron chi connectivity index (χ2n) is 5.74. The summed E-state index contributed by atoms with van der Waals surface area (Å²) in [6, 6.07) is 0.771. The zero-order valence-corrected chi connectivity index (χ0v) is 11.6. The van der Waals surface area contributed by atoms with Gasteiger partial charge in [-0.25, -0.2) is 0 Å². The van der Waals surface area contributed by atoms with Crippen LogP contribution < -0.4 is 5.32 Å². The van der Waals surface area contributed by atoms with Crippen LogP contribution in [0.25, 0.3) is 0 Å². The van der Waals surface area contributed by atoms with Crippen LogP contribution in [0.15, 0.2) is 0 Å². The SMILES string of the molecule is CCN1CCC(CN2CCC(NC)CC2)CC1. The minimum atomic E-state index is 0.771. The summed E-state index contributed by atoms with van der Waals surface area (Å²) in [4.78, 5) is 5.28. The number of nitrogens with one attached hydrogen (secondary N) is 1. The third-order valence-electron chi connectivity index (χ3n) is 4.67. The van der Waals surface area contributed by atoms with E-state index in [4.69, 9.17) is 0 Å². The molecule has 1 N–H and O–H groups in total. The molecule has 0 saturated carbocycles. The summed E-state index contributed by atoms with van der Waals surface area (Å²) in [5.74, 6) is 0.962. The van der Waals surface area contributed by atoms with Crippen molar-refractivity contribution in [2.24, 2.45) is 5.92 Å². The van der Waals surface area contributed by atoms with Crippen LogP contribution in [0, 0.1) is 5.92 Å². The Hall–Kier alpha value is -0.120. The van der Waals surface area contributed by atoms with E-state index in [0.29, 0.717) is 0 Å². The molecule has 3 nitrogen and oxygen atoms in total. The van der Waals surface area contributed by atoms with E-state index in [0.717, 1.165) is 12.0 Å². The molecule has 0 amide bonds. The van der Waals surface area contributed by atoms with E-state index < -0.39 is 0 Å². The maximum absolute atomic E-state index is 3.41. The second kappa shape index (κ2) is 6.72. The van der Waals surface area contributed by atoms with Crippen LogP contribution in [0.4, 0.5) is 0 Å². The summed E-state index contributed by atoms with van der Waals surface area (Å²) in [6.45, 7) is 10.1. The lowest BCUT2D eigenvalue weighted by molar-refractivity contribution is 0.127. The Morgan fingerprint density at radius 2 is 1.53 bits per heavy atom. The van der Waals surface area contributed by atoms with E-state index in [1.807, 2.05) is 0 Å². The summed E-state index contributed by atoms with van der Waals surface area (Å²) in [7, 11) is 2.10. The van der Waals surface area contributed by atoms with Crippen molar-refractivity contribution in [2.45, 2.75) is 38.6 Å². The molecular weight excluding hydrogens is 210 g/mol. The Balaban J connectivity index is 1.65. The predicted molar refractivity (Wildman–Crippen MR) is 73.4 cm³/mol. The molecule has 0 radical (unpaired) electrons. The van der Waals surface area contributed by atoms with Crippen LogP contribution in [0.1, 0.15) is 32.6 Å². The number of nitrogens with zero attached hydrogens (tertiary/aromatic N) is 2. The number of piperidine rings is 2. The van der Waals surface area contributed by atoms with E-state index in [-0.39, 0.29) is 0 Å². The fraction of sp³-hybridized carbons (Fsp3) is 1.00. The molecule has 2 aliphatic rings. The van der Waals surface area contributed by atoms with Crippen LogP contribution >= 0.6 is 0 Å². The molecule has 0 aliphatic carbocycles. The lowest BCUT2D eigenvalue weighted by Gasteiger charge is -2.37. The van der Waals surface area contributed by atoms with Gasteiger partial charge in [0.05, 0.1) is 0 Å². The average Bonchev–Trinajstić information content (AvgIpc) is 2.40. The van der Waals surface area contributed by atoms with Gasteiger partial charge < -0.3 is 15.1 Å². The molecule has 2 heterocycles. The Labute approximate surface area is 107 Å². The van der Waals surface area contributed by atoms with Gasteiger partial charge >= 0.3 is 0 Å². The predicted octanol–water partition coefficient (Wildman–Crippen LogP) is 1.40. The van der Waals surface area contributed by atoms with Crippen LogP contribution in [0.2, 0.25) is 0 Å². The summed E-state index contributed by atoms with van der Waals surface area (Å²) >= 11 is 0. The highest BCUT2D eigenvalue weighted by Crippen LogP contribution is 2.20. The van der Waals surface area contributed by atoms with Crippen molar-refractivity contribution in [1.82, 2.24) is 15.1 Å². The molecule has 100 valence electrons. The summed E-state index contributed by atoms with van der Waals surface area (Å²) in [5.41, 5.74) is 0. The third-order valence-corrected chi connectivity index (χ3v) is 4.67. The van der Waals surface area contributed by atoms with E-state index in [1.54, 1.807) is 0 Å². The Morgan fingerprint density at radius 1 is 0.941 bits per heavy atom. The summed E-state index contributed by atoms with van der Waals surface area (Å²) in [5, 5.41) is 3.41. The Morgan fingerprint density at radius 3 is 2.06 bits per heavy atom. The van der Waals surface area contributed by atoms with Crippen LogP contribution in [-0.4, -0.2) is 62.2 Å². The molecule has 2 rings (SSSR count). The van der Waals surface area contributed by atoms with Crippen molar-refractivity contribution in [1.29, 1.82) is 0 Å². The van der Waals surface area contributed by atoms with Crippen LogP contribution in [-0.2, 0) is 0 Å². The molecule has 0 aromatic heterocycles. The van der Waals surface area contributed by atoms with Crippen molar-refractivity contribution in [3.63, 3.8) is 0 Å². The van der Waals surface area contributed by atoms with Crippen molar-refractivity contribution in [3.05, 3.63) is 0 Å². The zero-order chi connectivity index (χ0) is 12.1. The number of likely N-dealkylation sites (tertiary alicyclic amines) is 2. The largest absolute Gasteiger partial charge is 0.317 e. The number of hydrogen-bond acceptors (Lipinski definition) is 3. The highest BCUT2D eigenvalue weighted by molar-refractivity contribution is 4.79. The van der Waals surface area contributed by atoms with Crippen molar-refractivity contribution in [2.75, 3.05) is 46.3 Å². The monoisotopic (exact) mass is 239 g/mol. The first-order valence-corrected chi connectivity index (χ1v) is 7.43. The highest BCUT2D eigenvalue weighted by atomic mass is 15.2. The fourth-order valence-corrected chi connectivity index (χ4v) is 3.25. The molecule has 0 bridgehead atoms. The van der Waals surface area contributed by atoms with Gasteiger partial charge in [-0.3, -0.25) is 0 Å². The minimum Gasteiger partial charge on any atom is -0.317 e. The van der Waals surface area contributed by atoms with Gasteiger partial charge in [0.15, 0.2) is 0 Å². The molecule has 0 aromatic carbocycles. The molecule has 0 aromatic rings. The molecule has 17 heavy (non-hydrogen) atoms. The average molecular weight is 239 g/mol. The standard InChI is InChI=1S/C14H29N3/c1-3-16-8-4-13(5-9-16)12-17-10-6-14(15-2)7-11-17/h13-15H,3-12H2,1-2H3. The molecular formula is C14H29N3. The van der Waals surface area contributed by atoms with Gasteiger partial charge in [0.25, 0.3) is 0 Å². The van der Waals surface area contributed by atoms with Gasteiger partial charge in [0.2, 0.25) is 0 Å². The quantitative estimate of drug-likeness (QED) is 0.800. The van der Waals surface area contributed by atoms with Crippen molar-refractivity contribution >= 4 is 0 Å². The first-order valence-electron chi connectivity index (χ1n) is 7.43. The van der Waals surface area contributed by atoms with E-state index in [1.165, 1.54) is 65.0 Å². The lowest BCUT2D eigenvalue weighted by atomic mass is 9.95. The lowest BCUT2D eigenvalue weighted by Crippen LogP contribution is -2.44. The van der Waals surface area contributed by atoms with Gasteiger partial charge in [-0.1, -0.05) is 6.92 Å². The number of hydrogen-bond donors (Lipinski definition) is 1. The van der Waals surface area contributed by atoms with Gasteiger partial charge in [-0.2, -0.15) is 0 Å². The summed E-state index contributed by atoms with van der Waals surface area (Å²) < 4.78 is 0. The molecule has 3 heteroatoms. The van der Waals surface area contributed by atoms with Gasteiger partial charge in [0, 0.05) is 12.6 Å². The number of rotatable bonds is 4. The molecule has 2 fully saturated rings. The smallest absolute Gasteiger partial charge is 0.00884 e. The van der Waals surface area contributed by atoms with Gasteiger partial charge in [-0.15, -0.1) is 0 Å².